The third-order valence-electron chi connectivity index (χ3n) is 5.22. The predicted octanol–water partition coefficient (Wildman–Crippen LogP) is 5.16. The summed E-state index contributed by atoms with van der Waals surface area (Å²) >= 11 is 0. The number of fused-ring (bicyclic) bond motifs is 1. The fourth-order valence-electron chi connectivity index (χ4n) is 3.83. The van der Waals surface area contributed by atoms with Crippen LogP contribution in [0.1, 0.15) is 23.7 Å². The number of aliphatic hydroxyl groups is 1. The molecule has 0 aliphatic heterocycles. The molecule has 0 saturated heterocycles. The molecule has 0 heterocycles. The van der Waals surface area contributed by atoms with E-state index in [0.29, 0.717) is 24.2 Å². The van der Waals surface area contributed by atoms with E-state index in [2.05, 4.69) is 0 Å². The number of benzene rings is 3. The number of hydrogen-bond donors (Lipinski definition) is 1. The lowest BCUT2D eigenvalue weighted by atomic mass is 9.94. The number of ether oxygens (including phenoxy) is 2. The first kappa shape index (κ1) is 17.6. The van der Waals surface area contributed by atoms with Crippen LogP contribution in [0.2, 0.25) is 0 Å². The van der Waals surface area contributed by atoms with E-state index in [1.807, 2.05) is 42.5 Å². The lowest BCUT2D eigenvalue weighted by molar-refractivity contribution is 0.176. The maximum Gasteiger partial charge on any atom is 0.131 e. The van der Waals surface area contributed by atoms with Gasteiger partial charge in [0.15, 0.2) is 0 Å². The highest BCUT2D eigenvalue weighted by atomic mass is 19.1. The number of halogens is 1. The van der Waals surface area contributed by atoms with Crippen molar-refractivity contribution in [1.29, 1.82) is 0 Å². The van der Waals surface area contributed by atoms with Crippen LogP contribution in [0.25, 0.3) is 22.3 Å². The van der Waals surface area contributed by atoms with Gasteiger partial charge in [0, 0.05) is 11.1 Å². The lowest BCUT2D eigenvalue weighted by Gasteiger charge is -2.15. The van der Waals surface area contributed by atoms with Crippen molar-refractivity contribution in [3.63, 3.8) is 0 Å². The summed E-state index contributed by atoms with van der Waals surface area (Å²) in [7, 11) is 3.21. The topological polar surface area (TPSA) is 38.7 Å². The molecule has 0 aromatic heterocycles. The molecule has 0 bridgehead atoms. The Labute approximate surface area is 158 Å². The second kappa shape index (κ2) is 7.05. The molecule has 138 valence electrons. The zero-order chi connectivity index (χ0) is 19.0. The standard InChI is InChI=1S/C23H21FO3/c1-26-16-6-3-14(4-7-16)15-5-8-18(20(24)13-15)17-10-12-22(27-2)23-19(17)9-11-21(23)25/h3-8,10,12-13,21,25H,9,11H2,1-2H3. The van der Waals surface area contributed by atoms with Gasteiger partial charge in [-0.3, -0.25) is 0 Å². The zero-order valence-corrected chi connectivity index (χ0v) is 15.3. The molecule has 0 amide bonds. The van der Waals surface area contributed by atoms with Gasteiger partial charge in [-0.05, 0) is 59.4 Å². The normalized spacial score (nSPS) is 15.5. The van der Waals surface area contributed by atoms with Gasteiger partial charge in [-0.15, -0.1) is 0 Å². The van der Waals surface area contributed by atoms with E-state index in [1.165, 1.54) is 0 Å². The Bertz CT molecular complexity index is 980. The van der Waals surface area contributed by atoms with Gasteiger partial charge in [0.05, 0.1) is 20.3 Å². The summed E-state index contributed by atoms with van der Waals surface area (Å²) in [6.07, 6.45) is 0.785. The van der Waals surface area contributed by atoms with Crippen LogP contribution in [0.4, 0.5) is 4.39 Å². The Morgan fingerprint density at radius 3 is 2.26 bits per heavy atom. The summed E-state index contributed by atoms with van der Waals surface area (Å²) in [6, 6.07) is 16.5. The molecule has 0 spiro atoms. The molecule has 0 saturated carbocycles. The molecule has 1 atom stereocenters. The van der Waals surface area contributed by atoms with Gasteiger partial charge in [0.2, 0.25) is 0 Å². The summed E-state index contributed by atoms with van der Waals surface area (Å²) in [5.41, 5.74) is 4.86. The van der Waals surface area contributed by atoms with E-state index in [9.17, 15) is 9.50 Å². The first-order valence-corrected chi connectivity index (χ1v) is 8.94. The Hall–Kier alpha value is -2.85. The minimum absolute atomic E-state index is 0.280. The molecule has 3 aromatic carbocycles. The first-order chi connectivity index (χ1) is 13.1. The summed E-state index contributed by atoms with van der Waals surface area (Å²) in [6.45, 7) is 0. The molecule has 0 radical (unpaired) electrons. The van der Waals surface area contributed by atoms with Crippen molar-refractivity contribution in [1.82, 2.24) is 0 Å². The third-order valence-corrected chi connectivity index (χ3v) is 5.22. The van der Waals surface area contributed by atoms with Gasteiger partial charge in [-0.25, -0.2) is 4.39 Å². The van der Waals surface area contributed by atoms with Crippen molar-refractivity contribution in [3.8, 4) is 33.8 Å². The van der Waals surface area contributed by atoms with Gasteiger partial charge in [0.25, 0.3) is 0 Å². The molecular weight excluding hydrogens is 343 g/mol. The molecule has 3 aromatic rings. The van der Waals surface area contributed by atoms with Gasteiger partial charge in [0.1, 0.15) is 17.3 Å². The average Bonchev–Trinajstić information content (AvgIpc) is 3.10. The highest BCUT2D eigenvalue weighted by Gasteiger charge is 2.28. The van der Waals surface area contributed by atoms with Gasteiger partial charge in [-0.2, -0.15) is 0 Å². The first-order valence-electron chi connectivity index (χ1n) is 8.94. The van der Waals surface area contributed by atoms with Crippen LogP contribution in [0.5, 0.6) is 11.5 Å². The summed E-state index contributed by atoms with van der Waals surface area (Å²) in [5.74, 6) is 1.15. The fraction of sp³-hybridized carbons (Fsp3) is 0.217. The van der Waals surface area contributed by atoms with Crippen molar-refractivity contribution in [2.24, 2.45) is 0 Å². The Morgan fingerprint density at radius 1 is 0.889 bits per heavy atom. The molecule has 1 aliphatic rings. The summed E-state index contributed by atoms with van der Waals surface area (Å²) in [4.78, 5) is 0. The van der Waals surface area contributed by atoms with Crippen LogP contribution < -0.4 is 9.47 Å². The van der Waals surface area contributed by atoms with Crippen LogP contribution in [0.15, 0.2) is 54.6 Å². The molecule has 27 heavy (non-hydrogen) atoms. The van der Waals surface area contributed by atoms with E-state index in [0.717, 1.165) is 33.6 Å². The molecule has 4 heteroatoms. The monoisotopic (exact) mass is 364 g/mol. The van der Waals surface area contributed by atoms with Crippen molar-refractivity contribution >= 4 is 0 Å². The zero-order valence-electron chi connectivity index (χ0n) is 15.3. The second-order valence-electron chi connectivity index (χ2n) is 6.69. The Balaban J connectivity index is 1.76. The van der Waals surface area contributed by atoms with Crippen LogP contribution in [0, 0.1) is 5.82 Å². The number of hydrogen-bond acceptors (Lipinski definition) is 3. The van der Waals surface area contributed by atoms with Crippen LogP contribution in [-0.2, 0) is 6.42 Å². The quantitative estimate of drug-likeness (QED) is 0.695. The molecular formula is C23H21FO3. The van der Waals surface area contributed by atoms with Crippen molar-refractivity contribution in [2.45, 2.75) is 18.9 Å². The SMILES string of the molecule is COc1ccc(-c2ccc(-c3ccc(OC)c4c3CCC4O)c(F)c2)cc1. The summed E-state index contributed by atoms with van der Waals surface area (Å²) in [5, 5.41) is 10.3. The van der Waals surface area contributed by atoms with Crippen molar-refractivity contribution in [3.05, 3.63) is 71.5 Å². The maximum absolute atomic E-state index is 15.0. The van der Waals surface area contributed by atoms with E-state index < -0.39 is 6.10 Å². The fourth-order valence-corrected chi connectivity index (χ4v) is 3.83. The highest BCUT2D eigenvalue weighted by molar-refractivity contribution is 5.75. The molecule has 1 aliphatic carbocycles. The smallest absolute Gasteiger partial charge is 0.131 e. The van der Waals surface area contributed by atoms with Crippen LogP contribution >= 0.6 is 0 Å². The molecule has 3 nitrogen and oxygen atoms in total. The Kier molecular flexibility index (Phi) is 4.58. The third kappa shape index (κ3) is 3.06. The number of aliphatic hydroxyl groups excluding tert-OH is 1. The minimum atomic E-state index is -0.559. The van der Waals surface area contributed by atoms with Crippen LogP contribution in [0.3, 0.4) is 0 Å². The number of methoxy groups -OCH3 is 2. The van der Waals surface area contributed by atoms with Gasteiger partial charge >= 0.3 is 0 Å². The van der Waals surface area contributed by atoms with Gasteiger partial charge in [-0.1, -0.05) is 30.3 Å². The molecule has 4 rings (SSSR count). The van der Waals surface area contributed by atoms with E-state index in [4.69, 9.17) is 9.47 Å². The maximum atomic E-state index is 15.0. The largest absolute Gasteiger partial charge is 0.497 e. The van der Waals surface area contributed by atoms with E-state index >= 15 is 0 Å². The van der Waals surface area contributed by atoms with Gasteiger partial charge < -0.3 is 14.6 Å². The summed E-state index contributed by atoms with van der Waals surface area (Å²) < 4.78 is 25.5. The second-order valence-corrected chi connectivity index (χ2v) is 6.69. The number of rotatable bonds is 4. The average molecular weight is 364 g/mol. The minimum Gasteiger partial charge on any atom is -0.497 e. The molecule has 0 fully saturated rings. The van der Waals surface area contributed by atoms with E-state index in [1.54, 1.807) is 26.4 Å². The van der Waals surface area contributed by atoms with Crippen LogP contribution in [-0.4, -0.2) is 19.3 Å². The lowest BCUT2D eigenvalue weighted by Crippen LogP contribution is -1.98. The molecule has 1 N–H and O–H groups in total. The highest BCUT2D eigenvalue weighted by Crippen LogP contribution is 2.43. The van der Waals surface area contributed by atoms with E-state index in [-0.39, 0.29) is 5.82 Å². The van der Waals surface area contributed by atoms with Crippen molar-refractivity contribution < 1.29 is 19.0 Å². The predicted molar refractivity (Wildman–Crippen MR) is 104 cm³/mol. The Morgan fingerprint density at radius 2 is 1.59 bits per heavy atom. The molecule has 1 unspecified atom stereocenters. The van der Waals surface area contributed by atoms with Crippen molar-refractivity contribution in [2.75, 3.05) is 14.2 Å².